The summed E-state index contributed by atoms with van der Waals surface area (Å²) in [7, 11) is 3.24. The first-order chi connectivity index (χ1) is 9.13. The van der Waals surface area contributed by atoms with Crippen molar-refractivity contribution < 1.29 is 19.4 Å². The van der Waals surface area contributed by atoms with Gasteiger partial charge >= 0.3 is 5.97 Å². The molecule has 1 saturated carbocycles. The zero-order valence-corrected chi connectivity index (χ0v) is 11.4. The Morgan fingerprint density at radius 1 is 1.21 bits per heavy atom. The van der Waals surface area contributed by atoms with Crippen LogP contribution in [0.1, 0.15) is 24.8 Å². The fourth-order valence-corrected chi connectivity index (χ4v) is 2.89. The van der Waals surface area contributed by atoms with Gasteiger partial charge in [-0.25, -0.2) is 0 Å². The highest BCUT2D eigenvalue weighted by molar-refractivity contribution is 5.70. The monoisotopic (exact) mass is 264 g/mol. The Kier molecular flexibility index (Phi) is 4.30. The number of aliphatic carboxylic acids is 1. The fourth-order valence-electron chi connectivity index (χ4n) is 2.89. The predicted octanol–water partition coefficient (Wildman–Crippen LogP) is 2.75. The molecule has 19 heavy (non-hydrogen) atoms. The van der Waals surface area contributed by atoms with E-state index in [2.05, 4.69) is 0 Å². The topological polar surface area (TPSA) is 55.8 Å². The van der Waals surface area contributed by atoms with Crippen LogP contribution in [0.25, 0.3) is 0 Å². The van der Waals surface area contributed by atoms with E-state index in [1.807, 2.05) is 18.2 Å². The van der Waals surface area contributed by atoms with Crippen molar-refractivity contribution in [3.05, 3.63) is 23.8 Å². The third kappa shape index (κ3) is 3.19. The van der Waals surface area contributed by atoms with Gasteiger partial charge in [-0.1, -0.05) is 6.42 Å². The van der Waals surface area contributed by atoms with Crippen LogP contribution in [0.2, 0.25) is 0 Å². The average Bonchev–Trinajstić information content (AvgIpc) is 2.86. The van der Waals surface area contributed by atoms with E-state index in [1.165, 1.54) is 0 Å². The minimum Gasteiger partial charge on any atom is -0.497 e. The third-order valence-electron chi connectivity index (χ3n) is 3.89. The number of hydrogen-bond acceptors (Lipinski definition) is 3. The van der Waals surface area contributed by atoms with Gasteiger partial charge in [0.1, 0.15) is 11.5 Å². The molecule has 1 aromatic rings. The summed E-state index contributed by atoms with van der Waals surface area (Å²) in [5.74, 6) is 0.835. The molecule has 0 saturated heterocycles. The molecule has 0 heterocycles. The normalized spacial score (nSPS) is 22.2. The van der Waals surface area contributed by atoms with Crippen LogP contribution in [-0.2, 0) is 11.2 Å². The zero-order chi connectivity index (χ0) is 13.8. The number of rotatable bonds is 5. The Hall–Kier alpha value is -1.71. The molecule has 0 aliphatic heterocycles. The number of carboxylic acid groups (broad SMARTS) is 1. The lowest BCUT2D eigenvalue weighted by atomic mass is 9.89. The summed E-state index contributed by atoms with van der Waals surface area (Å²) in [5.41, 5.74) is 1.08. The maximum Gasteiger partial charge on any atom is 0.306 e. The van der Waals surface area contributed by atoms with Crippen molar-refractivity contribution in [1.82, 2.24) is 0 Å². The van der Waals surface area contributed by atoms with Gasteiger partial charge in [0.25, 0.3) is 0 Å². The van der Waals surface area contributed by atoms with Crippen LogP contribution in [0, 0.1) is 11.8 Å². The van der Waals surface area contributed by atoms with Gasteiger partial charge < -0.3 is 14.6 Å². The Balaban J connectivity index is 2.16. The molecule has 0 bridgehead atoms. The molecule has 1 aliphatic carbocycles. The fraction of sp³-hybridized carbons (Fsp3) is 0.533. The van der Waals surface area contributed by atoms with Gasteiger partial charge in [-0.2, -0.15) is 0 Å². The van der Waals surface area contributed by atoms with Crippen LogP contribution in [0.5, 0.6) is 11.5 Å². The van der Waals surface area contributed by atoms with Crippen LogP contribution >= 0.6 is 0 Å². The van der Waals surface area contributed by atoms with Crippen molar-refractivity contribution >= 4 is 5.97 Å². The first-order valence-corrected chi connectivity index (χ1v) is 6.58. The van der Waals surface area contributed by atoms with E-state index in [0.717, 1.165) is 42.7 Å². The van der Waals surface area contributed by atoms with E-state index in [4.69, 9.17) is 9.47 Å². The van der Waals surface area contributed by atoms with E-state index in [1.54, 1.807) is 14.2 Å². The van der Waals surface area contributed by atoms with E-state index < -0.39 is 5.97 Å². The number of benzene rings is 1. The molecule has 2 atom stereocenters. The summed E-state index contributed by atoms with van der Waals surface area (Å²) in [4.78, 5) is 11.2. The number of methoxy groups -OCH3 is 2. The summed E-state index contributed by atoms with van der Waals surface area (Å²) in [6, 6.07) is 5.74. The van der Waals surface area contributed by atoms with Gasteiger partial charge in [0, 0.05) is 6.07 Å². The van der Waals surface area contributed by atoms with Gasteiger partial charge in [-0.05, 0) is 42.9 Å². The molecule has 0 unspecified atom stereocenters. The van der Waals surface area contributed by atoms with Crippen molar-refractivity contribution in [3.63, 3.8) is 0 Å². The van der Waals surface area contributed by atoms with Crippen molar-refractivity contribution in [3.8, 4) is 11.5 Å². The molecule has 1 aliphatic rings. The first-order valence-electron chi connectivity index (χ1n) is 6.58. The molecule has 0 amide bonds. The Morgan fingerprint density at radius 3 is 2.37 bits per heavy atom. The summed E-state index contributed by atoms with van der Waals surface area (Å²) in [6.07, 6.45) is 3.55. The molecule has 4 nitrogen and oxygen atoms in total. The summed E-state index contributed by atoms with van der Waals surface area (Å²) < 4.78 is 10.5. The van der Waals surface area contributed by atoms with Gasteiger partial charge in [-0.3, -0.25) is 4.79 Å². The van der Waals surface area contributed by atoms with Crippen LogP contribution in [0.15, 0.2) is 18.2 Å². The predicted molar refractivity (Wildman–Crippen MR) is 71.7 cm³/mol. The summed E-state index contributed by atoms with van der Waals surface area (Å²) in [6.45, 7) is 0. The van der Waals surface area contributed by atoms with E-state index in [0.29, 0.717) is 0 Å². The third-order valence-corrected chi connectivity index (χ3v) is 3.89. The lowest BCUT2D eigenvalue weighted by Gasteiger charge is -2.16. The van der Waals surface area contributed by atoms with Crippen molar-refractivity contribution in [1.29, 1.82) is 0 Å². The molecular weight excluding hydrogens is 244 g/mol. The first kappa shape index (κ1) is 13.7. The van der Waals surface area contributed by atoms with Crippen LogP contribution in [0.3, 0.4) is 0 Å². The van der Waals surface area contributed by atoms with Gasteiger partial charge in [0.15, 0.2) is 0 Å². The van der Waals surface area contributed by atoms with Crippen LogP contribution in [-0.4, -0.2) is 25.3 Å². The Morgan fingerprint density at radius 2 is 1.84 bits per heavy atom. The molecule has 1 fully saturated rings. The number of hydrogen-bond donors (Lipinski definition) is 1. The van der Waals surface area contributed by atoms with E-state index in [-0.39, 0.29) is 11.8 Å². The highest BCUT2D eigenvalue weighted by Crippen LogP contribution is 2.35. The van der Waals surface area contributed by atoms with E-state index in [9.17, 15) is 9.90 Å². The maximum atomic E-state index is 11.2. The number of carboxylic acids is 1. The second-order valence-electron chi connectivity index (χ2n) is 5.06. The minimum absolute atomic E-state index is 0.211. The van der Waals surface area contributed by atoms with E-state index >= 15 is 0 Å². The molecule has 0 aromatic heterocycles. The molecule has 2 rings (SSSR count). The molecule has 104 valence electrons. The lowest BCUT2D eigenvalue weighted by Crippen LogP contribution is -2.20. The largest absolute Gasteiger partial charge is 0.497 e. The smallest absolute Gasteiger partial charge is 0.306 e. The number of ether oxygens (including phenoxy) is 2. The van der Waals surface area contributed by atoms with Crippen molar-refractivity contribution in [2.45, 2.75) is 25.7 Å². The van der Waals surface area contributed by atoms with Crippen molar-refractivity contribution in [2.75, 3.05) is 14.2 Å². The standard InChI is InChI=1S/C15H20O4/c1-18-12-7-10(8-13(9-12)19-2)6-11-4-3-5-14(11)15(16)17/h7-9,11,14H,3-6H2,1-2H3,(H,16,17)/t11-,14-/m0/s1. The molecule has 1 aromatic carbocycles. The molecule has 1 N–H and O–H groups in total. The highest BCUT2D eigenvalue weighted by Gasteiger charge is 2.32. The van der Waals surface area contributed by atoms with Gasteiger partial charge in [0.2, 0.25) is 0 Å². The summed E-state index contributed by atoms with van der Waals surface area (Å²) >= 11 is 0. The Bertz CT molecular complexity index is 433. The average molecular weight is 264 g/mol. The molecule has 0 radical (unpaired) electrons. The zero-order valence-electron chi connectivity index (χ0n) is 11.4. The van der Waals surface area contributed by atoms with Gasteiger partial charge in [-0.15, -0.1) is 0 Å². The summed E-state index contributed by atoms with van der Waals surface area (Å²) in [5, 5.41) is 9.21. The minimum atomic E-state index is -0.669. The molecule has 4 heteroatoms. The molecular formula is C15H20O4. The van der Waals surface area contributed by atoms with Crippen LogP contribution in [0.4, 0.5) is 0 Å². The second-order valence-corrected chi connectivity index (χ2v) is 5.06. The quantitative estimate of drug-likeness (QED) is 0.888. The SMILES string of the molecule is COc1cc(C[C@@H]2CCC[C@@H]2C(=O)O)cc(OC)c1. The highest BCUT2D eigenvalue weighted by atomic mass is 16.5. The van der Waals surface area contributed by atoms with Crippen LogP contribution < -0.4 is 9.47 Å². The lowest BCUT2D eigenvalue weighted by molar-refractivity contribution is -0.142. The van der Waals surface area contributed by atoms with Gasteiger partial charge in [0.05, 0.1) is 20.1 Å². The molecule has 0 spiro atoms. The van der Waals surface area contributed by atoms with Crippen molar-refractivity contribution in [2.24, 2.45) is 11.8 Å². The second kappa shape index (κ2) is 5.95. The maximum absolute atomic E-state index is 11.2. The Labute approximate surface area is 113 Å². The number of carbonyl (C=O) groups is 1.